The smallest absolute Gasteiger partial charge is 0.380 e. The van der Waals surface area contributed by atoms with Gasteiger partial charge in [0.05, 0.1) is 12.2 Å². The predicted octanol–water partition coefficient (Wildman–Crippen LogP) is 4.14. The molecule has 0 aromatic carbocycles. The Labute approximate surface area is 131 Å². The summed E-state index contributed by atoms with van der Waals surface area (Å²) in [5.41, 5.74) is 1.58. The molecule has 1 saturated heterocycles. The van der Waals surface area contributed by atoms with E-state index in [0.29, 0.717) is 36.8 Å². The van der Waals surface area contributed by atoms with Crippen molar-refractivity contribution in [2.45, 2.75) is 32.0 Å². The molecule has 1 aromatic heterocycles. The number of aryl methyl sites for hydroxylation is 1. The van der Waals surface area contributed by atoms with Gasteiger partial charge in [0, 0.05) is 19.1 Å². The molecule has 1 N–H and O–H groups in total. The van der Waals surface area contributed by atoms with Crippen LogP contribution in [0.4, 0.5) is 18.9 Å². The molecule has 3 nitrogen and oxygen atoms in total. The number of alkyl halides is 3. The summed E-state index contributed by atoms with van der Waals surface area (Å²) >= 11 is 11.9. The number of piperidine rings is 1. The van der Waals surface area contributed by atoms with Gasteiger partial charge in [-0.25, -0.2) is 4.98 Å². The molecule has 0 radical (unpaired) electrons. The molecular weight excluding hydrogens is 326 g/mol. The normalized spacial score (nSPS) is 18.0. The van der Waals surface area contributed by atoms with Crippen molar-refractivity contribution in [2.75, 3.05) is 25.0 Å². The maximum atomic E-state index is 12.3. The van der Waals surface area contributed by atoms with Gasteiger partial charge in [-0.1, -0.05) is 23.2 Å². The van der Waals surface area contributed by atoms with Crippen LogP contribution in [0.25, 0.3) is 0 Å². The Hall–Kier alpha value is -0.720. The number of hydrogen-bond acceptors (Lipinski definition) is 3. The van der Waals surface area contributed by atoms with E-state index in [-0.39, 0.29) is 11.2 Å². The SMILES string of the molecule is Cc1cc(Cl)nc(Cl)c1NC1CCN(CC(F)(F)F)CC1. The second-order valence-electron chi connectivity index (χ2n) is 5.24. The molecule has 0 unspecified atom stereocenters. The van der Waals surface area contributed by atoms with Crippen molar-refractivity contribution in [3.8, 4) is 0 Å². The van der Waals surface area contributed by atoms with E-state index < -0.39 is 12.7 Å². The largest absolute Gasteiger partial charge is 0.401 e. The first kappa shape index (κ1) is 16.6. The molecule has 0 bridgehead atoms. The fraction of sp³-hybridized carbons (Fsp3) is 0.615. The highest BCUT2D eigenvalue weighted by atomic mass is 35.5. The van der Waals surface area contributed by atoms with Crippen molar-refractivity contribution in [3.63, 3.8) is 0 Å². The number of aromatic nitrogens is 1. The maximum absolute atomic E-state index is 12.3. The van der Waals surface area contributed by atoms with Crippen molar-refractivity contribution >= 4 is 28.9 Å². The lowest BCUT2D eigenvalue weighted by atomic mass is 10.0. The van der Waals surface area contributed by atoms with Gasteiger partial charge in [0.25, 0.3) is 0 Å². The minimum absolute atomic E-state index is 0.0914. The van der Waals surface area contributed by atoms with Gasteiger partial charge in [0.2, 0.25) is 0 Å². The minimum Gasteiger partial charge on any atom is -0.380 e. The quantitative estimate of drug-likeness (QED) is 0.837. The Morgan fingerprint density at radius 2 is 1.95 bits per heavy atom. The third-order valence-electron chi connectivity index (χ3n) is 3.48. The summed E-state index contributed by atoms with van der Waals surface area (Å²) in [5, 5.41) is 3.88. The Morgan fingerprint density at radius 3 is 2.48 bits per heavy atom. The molecule has 1 fully saturated rings. The summed E-state index contributed by atoms with van der Waals surface area (Å²) < 4.78 is 37.0. The van der Waals surface area contributed by atoms with Crippen LogP contribution in [-0.2, 0) is 0 Å². The van der Waals surface area contributed by atoms with Gasteiger partial charge in [0.1, 0.15) is 5.15 Å². The highest BCUT2D eigenvalue weighted by Gasteiger charge is 2.32. The van der Waals surface area contributed by atoms with Gasteiger partial charge < -0.3 is 5.32 Å². The summed E-state index contributed by atoms with van der Waals surface area (Å²) in [6, 6.07) is 1.79. The molecule has 1 aliphatic heterocycles. The molecule has 0 aliphatic carbocycles. The van der Waals surface area contributed by atoms with Crippen LogP contribution < -0.4 is 5.32 Å². The predicted molar refractivity (Wildman–Crippen MR) is 78.1 cm³/mol. The number of rotatable bonds is 3. The van der Waals surface area contributed by atoms with Crippen LogP contribution in [0.3, 0.4) is 0 Å². The fourth-order valence-corrected chi connectivity index (χ4v) is 3.05. The molecule has 1 aromatic rings. The second-order valence-corrected chi connectivity index (χ2v) is 5.98. The Balaban J connectivity index is 1.92. The molecular formula is C13H16Cl2F3N3. The van der Waals surface area contributed by atoms with Gasteiger partial charge >= 0.3 is 6.18 Å². The van der Waals surface area contributed by atoms with Crippen molar-refractivity contribution in [1.82, 2.24) is 9.88 Å². The number of halogens is 5. The highest BCUT2D eigenvalue weighted by molar-refractivity contribution is 6.34. The van der Waals surface area contributed by atoms with Gasteiger partial charge in [-0.3, -0.25) is 4.90 Å². The zero-order valence-corrected chi connectivity index (χ0v) is 13.0. The van der Waals surface area contributed by atoms with Crippen molar-refractivity contribution < 1.29 is 13.2 Å². The van der Waals surface area contributed by atoms with E-state index in [1.165, 1.54) is 4.90 Å². The maximum Gasteiger partial charge on any atom is 0.401 e. The van der Waals surface area contributed by atoms with Gasteiger partial charge in [-0.15, -0.1) is 0 Å². The lowest BCUT2D eigenvalue weighted by molar-refractivity contribution is -0.147. The van der Waals surface area contributed by atoms with Crippen LogP contribution in [-0.4, -0.2) is 41.7 Å². The number of likely N-dealkylation sites (tertiary alicyclic amines) is 1. The molecule has 0 atom stereocenters. The second kappa shape index (κ2) is 6.58. The number of nitrogens with zero attached hydrogens (tertiary/aromatic N) is 2. The molecule has 118 valence electrons. The van der Waals surface area contributed by atoms with Crippen LogP contribution in [0.2, 0.25) is 10.3 Å². The molecule has 0 amide bonds. The van der Waals surface area contributed by atoms with Crippen LogP contribution in [0.5, 0.6) is 0 Å². The highest BCUT2D eigenvalue weighted by Crippen LogP contribution is 2.29. The Bertz CT molecular complexity index is 477. The third-order valence-corrected chi connectivity index (χ3v) is 3.95. The van der Waals surface area contributed by atoms with E-state index in [9.17, 15) is 13.2 Å². The van der Waals surface area contributed by atoms with Crippen molar-refractivity contribution in [3.05, 3.63) is 21.9 Å². The van der Waals surface area contributed by atoms with E-state index in [0.717, 1.165) is 5.56 Å². The van der Waals surface area contributed by atoms with Crippen molar-refractivity contribution in [2.24, 2.45) is 0 Å². The van der Waals surface area contributed by atoms with E-state index >= 15 is 0 Å². The first-order chi connectivity index (χ1) is 9.74. The lowest BCUT2D eigenvalue weighted by Gasteiger charge is -2.33. The average molecular weight is 342 g/mol. The molecule has 1 aliphatic rings. The topological polar surface area (TPSA) is 28.2 Å². The molecule has 2 heterocycles. The lowest BCUT2D eigenvalue weighted by Crippen LogP contribution is -2.43. The number of anilines is 1. The van der Waals surface area contributed by atoms with Gasteiger partial charge in [-0.05, 0) is 31.4 Å². The van der Waals surface area contributed by atoms with Crippen LogP contribution in [0.1, 0.15) is 18.4 Å². The zero-order chi connectivity index (χ0) is 15.6. The van der Waals surface area contributed by atoms with Crippen molar-refractivity contribution in [1.29, 1.82) is 0 Å². The molecule has 0 spiro atoms. The summed E-state index contributed by atoms with van der Waals surface area (Å²) in [5.74, 6) is 0. The molecule has 0 saturated carbocycles. The molecule has 2 rings (SSSR count). The van der Waals surface area contributed by atoms with E-state index in [2.05, 4.69) is 10.3 Å². The minimum atomic E-state index is -4.14. The zero-order valence-electron chi connectivity index (χ0n) is 11.5. The molecule has 21 heavy (non-hydrogen) atoms. The standard InChI is InChI=1S/C13H16Cl2F3N3/c1-8-6-10(14)20-12(15)11(8)19-9-2-4-21(5-3-9)7-13(16,17)18/h6,9,19H,2-5,7H2,1H3. The van der Waals surface area contributed by atoms with E-state index in [1.807, 2.05) is 6.92 Å². The van der Waals surface area contributed by atoms with E-state index in [1.54, 1.807) is 6.07 Å². The monoisotopic (exact) mass is 341 g/mol. The van der Waals surface area contributed by atoms with Crippen LogP contribution in [0.15, 0.2) is 6.07 Å². The van der Waals surface area contributed by atoms with Gasteiger partial charge in [0.15, 0.2) is 5.15 Å². The number of hydrogen-bond donors (Lipinski definition) is 1. The molecule has 8 heteroatoms. The summed E-state index contributed by atoms with van der Waals surface area (Å²) in [4.78, 5) is 5.40. The van der Waals surface area contributed by atoms with Gasteiger partial charge in [-0.2, -0.15) is 13.2 Å². The fourth-order valence-electron chi connectivity index (χ4n) is 2.46. The summed E-state index contributed by atoms with van der Waals surface area (Å²) in [6.45, 7) is 1.84. The average Bonchev–Trinajstić information content (AvgIpc) is 2.34. The third kappa shape index (κ3) is 4.90. The van der Waals surface area contributed by atoms with E-state index in [4.69, 9.17) is 23.2 Å². The first-order valence-corrected chi connectivity index (χ1v) is 7.38. The number of nitrogens with one attached hydrogen (secondary N) is 1. The number of pyridine rings is 1. The summed E-state index contributed by atoms with van der Waals surface area (Å²) in [7, 11) is 0. The van der Waals surface area contributed by atoms with Crippen LogP contribution in [0, 0.1) is 6.92 Å². The summed E-state index contributed by atoms with van der Waals surface area (Å²) in [6.07, 6.45) is -2.87. The first-order valence-electron chi connectivity index (χ1n) is 6.63. The van der Waals surface area contributed by atoms with Crippen LogP contribution >= 0.6 is 23.2 Å². The Morgan fingerprint density at radius 1 is 1.33 bits per heavy atom. The Kier molecular flexibility index (Phi) is 5.22.